The first-order valence-electron chi connectivity index (χ1n) is 14.9. The average molecular weight is 647 g/mol. The van der Waals surface area contributed by atoms with E-state index in [2.05, 4.69) is 20.3 Å². The minimum absolute atomic E-state index is 0.207. The van der Waals surface area contributed by atoms with Crippen molar-refractivity contribution in [2.75, 3.05) is 32.5 Å². The zero-order valence-electron chi connectivity index (χ0n) is 27.0. The van der Waals surface area contributed by atoms with Gasteiger partial charge in [0.05, 0.1) is 12.0 Å². The van der Waals surface area contributed by atoms with Crippen molar-refractivity contribution in [1.29, 1.82) is 0 Å². The summed E-state index contributed by atoms with van der Waals surface area (Å²) in [5, 5.41) is 18.0. The van der Waals surface area contributed by atoms with E-state index >= 15 is 0 Å². The molecule has 2 aromatic carbocycles. The molecule has 0 bridgehead atoms. The first-order chi connectivity index (χ1) is 22.2. The summed E-state index contributed by atoms with van der Waals surface area (Å²) in [5.74, 6) is -2.27. The standard InChI is InChI=1S/C33H36F2N8O4/c1-19-13-24(39-31(45)29(44)21-14-22(34)16-23(35)15-21)7-8-25(19)43-28-27(36-17-37-30(28)38-18-41(5)6)26(40-43)20-9-11-42(12-10-20)32(46)47-33(2,3)4/h7-9,13-18,29,44H,10-12H2,1-6H3,(H,39,45). The van der Waals surface area contributed by atoms with E-state index in [9.17, 15) is 23.5 Å². The number of aliphatic imine (C=N–C) groups is 1. The summed E-state index contributed by atoms with van der Waals surface area (Å²) < 4.78 is 34.5. The van der Waals surface area contributed by atoms with Crippen LogP contribution in [0.4, 0.5) is 25.1 Å². The van der Waals surface area contributed by atoms with Crippen molar-refractivity contribution in [2.45, 2.75) is 45.8 Å². The Labute approximate surface area is 270 Å². The first-order valence-corrected chi connectivity index (χ1v) is 14.9. The van der Waals surface area contributed by atoms with Crippen molar-refractivity contribution in [1.82, 2.24) is 29.5 Å². The second kappa shape index (κ2) is 13.2. The summed E-state index contributed by atoms with van der Waals surface area (Å²) in [6.07, 6.45) is 3.33. The zero-order chi connectivity index (χ0) is 34.0. The fraction of sp³-hybridized carbons (Fsp3) is 0.333. The van der Waals surface area contributed by atoms with E-state index in [1.807, 2.05) is 47.9 Å². The number of carbonyl (C=O) groups excluding carboxylic acids is 2. The summed E-state index contributed by atoms with van der Waals surface area (Å²) in [6, 6.07) is 7.50. The second-order valence-corrected chi connectivity index (χ2v) is 12.4. The predicted molar refractivity (Wildman–Crippen MR) is 174 cm³/mol. The highest BCUT2D eigenvalue weighted by atomic mass is 19.1. The largest absolute Gasteiger partial charge is 0.444 e. The summed E-state index contributed by atoms with van der Waals surface area (Å²) in [6.45, 7) is 8.08. The number of hydrogen-bond acceptors (Lipinski definition) is 8. The van der Waals surface area contributed by atoms with Crippen molar-refractivity contribution < 1.29 is 28.2 Å². The van der Waals surface area contributed by atoms with Gasteiger partial charge >= 0.3 is 6.09 Å². The second-order valence-electron chi connectivity index (χ2n) is 12.4. The van der Waals surface area contributed by atoms with Crippen molar-refractivity contribution in [3.63, 3.8) is 0 Å². The van der Waals surface area contributed by atoms with E-state index in [0.717, 1.165) is 17.7 Å². The van der Waals surface area contributed by atoms with Crippen LogP contribution in [-0.2, 0) is 9.53 Å². The van der Waals surface area contributed by atoms with Crippen LogP contribution < -0.4 is 5.32 Å². The van der Waals surface area contributed by atoms with Gasteiger partial charge in [0.1, 0.15) is 40.3 Å². The molecule has 0 saturated carbocycles. The number of nitrogens with zero attached hydrogens (tertiary/aromatic N) is 7. The van der Waals surface area contributed by atoms with Crippen LogP contribution in [0.5, 0.6) is 0 Å². The van der Waals surface area contributed by atoms with Gasteiger partial charge in [0.25, 0.3) is 5.91 Å². The summed E-state index contributed by atoms with van der Waals surface area (Å²) in [5.41, 5.74) is 3.54. The van der Waals surface area contributed by atoms with Gasteiger partial charge in [-0.3, -0.25) is 4.79 Å². The summed E-state index contributed by atoms with van der Waals surface area (Å²) >= 11 is 0. The number of aryl methyl sites for hydroxylation is 1. The van der Waals surface area contributed by atoms with Crippen LogP contribution in [0.15, 0.2) is 53.8 Å². The molecule has 1 atom stereocenters. The van der Waals surface area contributed by atoms with Gasteiger partial charge in [-0.05, 0) is 81.1 Å². The van der Waals surface area contributed by atoms with Crippen LogP contribution in [0.25, 0.3) is 22.3 Å². The molecule has 0 spiro atoms. The van der Waals surface area contributed by atoms with Gasteiger partial charge in [0.2, 0.25) is 0 Å². The molecule has 1 aliphatic rings. The number of ether oxygens (including phenoxy) is 1. The van der Waals surface area contributed by atoms with Crippen LogP contribution in [0.3, 0.4) is 0 Å². The molecule has 2 N–H and O–H groups in total. The third-order valence-corrected chi connectivity index (χ3v) is 7.16. The van der Waals surface area contributed by atoms with Crippen molar-refractivity contribution in [3.8, 4) is 5.69 Å². The van der Waals surface area contributed by atoms with Gasteiger partial charge in [0, 0.05) is 38.9 Å². The molecule has 2 aromatic heterocycles. The Morgan fingerprint density at radius 3 is 2.47 bits per heavy atom. The number of carbonyl (C=O) groups is 2. The number of fused-ring (bicyclic) bond motifs is 1. The van der Waals surface area contributed by atoms with Crippen molar-refractivity contribution in [2.24, 2.45) is 4.99 Å². The van der Waals surface area contributed by atoms with Crippen molar-refractivity contribution >= 4 is 46.5 Å². The van der Waals surface area contributed by atoms with Crippen LogP contribution in [0.2, 0.25) is 0 Å². The third kappa shape index (κ3) is 7.60. The Hall–Kier alpha value is -5.24. The Morgan fingerprint density at radius 2 is 1.85 bits per heavy atom. The van der Waals surface area contributed by atoms with Crippen molar-refractivity contribution in [3.05, 3.63) is 77.3 Å². The number of hydrogen-bond donors (Lipinski definition) is 2. The molecular weight excluding hydrogens is 610 g/mol. The zero-order valence-corrected chi connectivity index (χ0v) is 27.0. The van der Waals surface area contributed by atoms with E-state index in [-0.39, 0.29) is 11.7 Å². The minimum atomic E-state index is -1.79. The van der Waals surface area contributed by atoms with Crippen LogP contribution in [-0.4, -0.2) is 85.8 Å². The molecule has 1 unspecified atom stereocenters. The molecule has 4 aromatic rings. The molecular formula is C33H36F2N8O4. The monoisotopic (exact) mass is 646 g/mol. The molecule has 12 nitrogen and oxygen atoms in total. The smallest absolute Gasteiger partial charge is 0.410 e. The van der Waals surface area contributed by atoms with Crippen LogP contribution in [0, 0.1) is 18.6 Å². The topological polar surface area (TPSA) is 138 Å². The van der Waals surface area contributed by atoms with Crippen LogP contribution in [0.1, 0.15) is 50.1 Å². The lowest BCUT2D eigenvalue weighted by Gasteiger charge is -2.29. The fourth-order valence-electron chi connectivity index (χ4n) is 5.03. The molecule has 5 rings (SSSR count). The number of amides is 2. The number of aromatic nitrogens is 4. The lowest BCUT2D eigenvalue weighted by molar-refractivity contribution is -0.124. The quantitative estimate of drug-likeness (QED) is 0.203. The molecule has 0 aliphatic carbocycles. The Morgan fingerprint density at radius 1 is 1.13 bits per heavy atom. The maximum absolute atomic E-state index is 13.7. The van der Waals surface area contributed by atoms with Gasteiger partial charge < -0.3 is 25.0 Å². The first kappa shape index (κ1) is 33.1. The Kier molecular flexibility index (Phi) is 9.33. The molecule has 47 heavy (non-hydrogen) atoms. The number of nitrogens with one attached hydrogen (secondary N) is 1. The predicted octanol–water partition coefficient (Wildman–Crippen LogP) is 5.32. The summed E-state index contributed by atoms with van der Waals surface area (Å²) in [4.78, 5) is 42.4. The molecule has 0 radical (unpaired) electrons. The highest BCUT2D eigenvalue weighted by Crippen LogP contribution is 2.34. The highest BCUT2D eigenvalue weighted by Gasteiger charge is 2.27. The molecule has 2 amide bonds. The lowest BCUT2D eigenvalue weighted by atomic mass is 10.0. The van der Waals surface area contributed by atoms with E-state index < -0.39 is 29.2 Å². The summed E-state index contributed by atoms with van der Waals surface area (Å²) in [7, 11) is 3.68. The van der Waals surface area contributed by atoms with Gasteiger partial charge in [-0.15, -0.1) is 0 Å². The molecule has 3 heterocycles. The van der Waals surface area contributed by atoms with E-state index in [1.165, 1.54) is 6.33 Å². The minimum Gasteiger partial charge on any atom is -0.444 e. The number of anilines is 1. The van der Waals surface area contributed by atoms with Gasteiger partial charge in [0.15, 0.2) is 11.9 Å². The number of benzene rings is 2. The fourth-order valence-corrected chi connectivity index (χ4v) is 5.03. The normalized spacial score (nSPS) is 14.3. The van der Waals surface area contributed by atoms with E-state index in [1.54, 1.807) is 39.0 Å². The molecule has 14 heteroatoms. The molecule has 0 fully saturated rings. The SMILES string of the molecule is Cc1cc(NC(=O)C(O)c2cc(F)cc(F)c2)ccc1-n1nc(C2=CCN(C(=O)OC(C)(C)C)CC2)c2ncnc(N=CN(C)C)c21. The third-order valence-electron chi connectivity index (χ3n) is 7.16. The number of rotatable bonds is 7. The maximum atomic E-state index is 13.7. The average Bonchev–Trinajstić information content (AvgIpc) is 3.38. The van der Waals surface area contributed by atoms with Gasteiger partial charge in [-0.2, -0.15) is 5.10 Å². The molecule has 1 aliphatic heterocycles. The van der Waals surface area contributed by atoms with E-state index in [4.69, 9.17) is 9.84 Å². The lowest BCUT2D eigenvalue weighted by Crippen LogP contribution is -2.39. The number of aliphatic hydroxyl groups is 1. The maximum Gasteiger partial charge on any atom is 0.410 e. The Balaban J connectivity index is 1.49. The molecule has 0 saturated heterocycles. The highest BCUT2D eigenvalue weighted by molar-refractivity contribution is 5.96. The van der Waals surface area contributed by atoms with Crippen LogP contribution >= 0.6 is 0 Å². The van der Waals surface area contributed by atoms with E-state index in [0.29, 0.717) is 65.1 Å². The number of aliphatic hydroxyl groups excluding tert-OH is 1. The van der Waals surface area contributed by atoms with Gasteiger partial charge in [-0.25, -0.2) is 33.2 Å². The Bertz CT molecular complexity index is 1880. The number of halogens is 2. The molecule has 246 valence electrons. The van der Waals surface area contributed by atoms with Gasteiger partial charge in [-0.1, -0.05) is 6.08 Å².